The first-order valence-electron chi connectivity index (χ1n) is 7.09. The number of hydrogen-bond acceptors (Lipinski definition) is 3. The van der Waals surface area contributed by atoms with Crippen LogP contribution < -0.4 is 5.32 Å². The standard InChI is InChI=1S/C14H26N2O2/c1-4-13(2)5-7-16(8-6-13)12(17)9-18-14(3)10-15-11-14/h15H,4-11H2,1-3H3. The zero-order chi connectivity index (χ0) is 13.2. The van der Waals surface area contributed by atoms with Gasteiger partial charge in [0.1, 0.15) is 6.61 Å². The summed E-state index contributed by atoms with van der Waals surface area (Å²) in [6.45, 7) is 10.4. The molecule has 0 atom stereocenters. The molecule has 0 aromatic rings. The summed E-state index contributed by atoms with van der Waals surface area (Å²) < 4.78 is 5.71. The SMILES string of the molecule is CCC1(C)CCN(C(=O)COC2(C)CNC2)CC1. The highest BCUT2D eigenvalue weighted by Gasteiger charge is 2.35. The minimum Gasteiger partial charge on any atom is -0.363 e. The van der Waals surface area contributed by atoms with Crippen LogP contribution in [0, 0.1) is 5.41 Å². The highest BCUT2D eigenvalue weighted by Crippen LogP contribution is 2.33. The number of carbonyl (C=O) groups excluding carboxylic acids is 1. The predicted octanol–water partition coefficient (Wildman–Crippen LogP) is 1.40. The summed E-state index contributed by atoms with van der Waals surface area (Å²) in [4.78, 5) is 14.0. The number of carbonyl (C=O) groups is 1. The molecule has 2 aliphatic heterocycles. The summed E-state index contributed by atoms with van der Waals surface area (Å²) in [5, 5.41) is 3.17. The zero-order valence-electron chi connectivity index (χ0n) is 11.9. The quantitative estimate of drug-likeness (QED) is 0.824. The van der Waals surface area contributed by atoms with Crippen molar-refractivity contribution in [3.05, 3.63) is 0 Å². The van der Waals surface area contributed by atoms with E-state index in [1.165, 1.54) is 6.42 Å². The average molecular weight is 254 g/mol. The third-order valence-electron chi connectivity index (χ3n) is 4.72. The third-order valence-corrected chi connectivity index (χ3v) is 4.72. The number of rotatable bonds is 4. The molecule has 2 rings (SSSR count). The molecule has 0 unspecified atom stereocenters. The molecule has 0 aromatic heterocycles. The van der Waals surface area contributed by atoms with E-state index in [4.69, 9.17) is 4.74 Å². The maximum absolute atomic E-state index is 12.1. The van der Waals surface area contributed by atoms with Crippen molar-refractivity contribution in [2.45, 2.75) is 45.6 Å². The van der Waals surface area contributed by atoms with Crippen LogP contribution in [0.2, 0.25) is 0 Å². The molecule has 0 aliphatic carbocycles. The Morgan fingerprint density at radius 2 is 1.89 bits per heavy atom. The second-order valence-corrected chi connectivity index (χ2v) is 6.39. The van der Waals surface area contributed by atoms with Gasteiger partial charge in [-0.25, -0.2) is 0 Å². The Morgan fingerprint density at radius 1 is 1.28 bits per heavy atom. The lowest BCUT2D eigenvalue weighted by Gasteiger charge is -2.41. The minimum absolute atomic E-state index is 0.122. The monoisotopic (exact) mass is 254 g/mol. The lowest BCUT2D eigenvalue weighted by molar-refractivity contribution is -0.148. The van der Waals surface area contributed by atoms with Crippen LogP contribution in [0.25, 0.3) is 0 Å². The average Bonchev–Trinajstić information content (AvgIpc) is 2.34. The van der Waals surface area contributed by atoms with Crippen molar-refractivity contribution in [1.82, 2.24) is 10.2 Å². The molecule has 2 fully saturated rings. The number of hydrogen-bond donors (Lipinski definition) is 1. The molecular weight excluding hydrogens is 228 g/mol. The van der Waals surface area contributed by atoms with Gasteiger partial charge in [0.25, 0.3) is 0 Å². The molecule has 0 aromatic carbocycles. The summed E-state index contributed by atoms with van der Waals surface area (Å²) in [6.07, 6.45) is 3.44. The Balaban J connectivity index is 1.74. The molecule has 18 heavy (non-hydrogen) atoms. The Bertz CT molecular complexity index is 305. The largest absolute Gasteiger partial charge is 0.363 e. The molecule has 4 heteroatoms. The van der Waals surface area contributed by atoms with E-state index >= 15 is 0 Å². The van der Waals surface area contributed by atoms with Gasteiger partial charge < -0.3 is 15.0 Å². The summed E-state index contributed by atoms with van der Waals surface area (Å²) in [7, 11) is 0. The van der Waals surface area contributed by atoms with Gasteiger partial charge in [0, 0.05) is 26.2 Å². The predicted molar refractivity (Wildman–Crippen MR) is 71.4 cm³/mol. The molecule has 0 radical (unpaired) electrons. The third kappa shape index (κ3) is 3.04. The normalized spacial score (nSPS) is 25.6. The number of likely N-dealkylation sites (tertiary alicyclic amines) is 1. The van der Waals surface area contributed by atoms with Crippen LogP contribution in [0.4, 0.5) is 0 Å². The van der Waals surface area contributed by atoms with Crippen LogP contribution in [0.1, 0.15) is 40.0 Å². The van der Waals surface area contributed by atoms with E-state index in [0.717, 1.165) is 39.0 Å². The van der Waals surface area contributed by atoms with Crippen molar-refractivity contribution in [1.29, 1.82) is 0 Å². The fourth-order valence-electron chi connectivity index (χ4n) is 2.56. The number of nitrogens with zero attached hydrogens (tertiary/aromatic N) is 1. The first kappa shape index (κ1) is 13.8. The van der Waals surface area contributed by atoms with Gasteiger partial charge in [-0.2, -0.15) is 0 Å². The van der Waals surface area contributed by atoms with Gasteiger partial charge in [0.2, 0.25) is 5.91 Å². The van der Waals surface area contributed by atoms with Gasteiger partial charge in [-0.1, -0.05) is 20.3 Å². The van der Waals surface area contributed by atoms with E-state index in [9.17, 15) is 4.79 Å². The smallest absolute Gasteiger partial charge is 0.248 e. The van der Waals surface area contributed by atoms with Crippen molar-refractivity contribution in [2.75, 3.05) is 32.8 Å². The lowest BCUT2D eigenvalue weighted by atomic mass is 9.78. The molecule has 1 amide bonds. The van der Waals surface area contributed by atoms with E-state index in [1.54, 1.807) is 0 Å². The van der Waals surface area contributed by atoms with Crippen LogP contribution >= 0.6 is 0 Å². The van der Waals surface area contributed by atoms with Gasteiger partial charge in [-0.05, 0) is 25.2 Å². The molecule has 2 heterocycles. The lowest BCUT2D eigenvalue weighted by Crippen LogP contribution is -2.60. The van der Waals surface area contributed by atoms with Gasteiger partial charge >= 0.3 is 0 Å². The van der Waals surface area contributed by atoms with Crippen LogP contribution in [-0.2, 0) is 9.53 Å². The zero-order valence-corrected chi connectivity index (χ0v) is 11.9. The number of piperidine rings is 1. The molecule has 0 spiro atoms. The summed E-state index contributed by atoms with van der Waals surface area (Å²) in [5.41, 5.74) is 0.310. The van der Waals surface area contributed by atoms with Gasteiger partial charge in [0.05, 0.1) is 5.60 Å². The van der Waals surface area contributed by atoms with Crippen LogP contribution in [0.15, 0.2) is 0 Å². The molecule has 0 saturated carbocycles. The van der Waals surface area contributed by atoms with Gasteiger partial charge in [-0.15, -0.1) is 0 Å². The van der Waals surface area contributed by atoms with Crippen molar-refractivity contribution in [3.63, 3.8) is 0 Å². The molecule has 0 bridgehead atoms. The molecule has 104 valence electrons. The van der Waals surface area contributed by atoms with Crippen molar-refractivity contribution in [2.24, 2.45) is 5.41 Å². The Labute approximate surface area is 110 Å². The first-order chi connectivity index (χ1) is 8.46. The van der Waals surface area contributed by atoms with Crippen molar-refractivity contribution < 1.29 is 9.53 Å². The fourth-order valence-corrected chi connectivity index (χ4v) is 2.56. The summed E-state index contributed by atoms with van der Waals surface area (Å²) in [5.74, 6) is 0.154. The molecular formula is C14H26N2O2. The second kappa shape index (κ2) is 5.17. The van der Waals surface area contributed by atoms with E-state index in [-0.39, 0.29) is 18.1 Å². The van der Waals surface area contributed by atoms with Crippen molar-refractivity contribution in [3.8, 4) is 0 Å². The van der Waals surface area contributed by atoms with E-state index in [0.29, 0.717) is 5.41 Å². The number of nitrogens with one attached hydrogen (secondary N) is 1. The van der Waals surface area contributed by atoms with Gasteiger partial charge in [-0.3, -0.25) is 4.79 Å². The molecule has 2 saturated heterocycles. The summed E-state index contributed by atoms with van der Waals surface area (Å²) in [6, 6.07) is 0. The number of amides is 1. The first-order valence-corrected chi connectivity index (χ1v) is 7.09. The van der Waals surface area contributed by atoms with E-state index < -0.39 is 0 Å². The van der Waals surface area contributed by atoms with Crippen LogP contribution in [-0.4, -0.2) is 49.2 Å². The minimum atomic E-state index is -0.122. The van der Waals surface area contributed by atoms with E-state index in [1.807, 2.05) is 4.90 Å². The Hall–Kier alpha value is -0.610. The second-order valence-electron chi connectivity index (χ2n) is 6.39. The van der Waals surface area contributed by atoms with Crippen LogP contribution in [0.3, 0.4) is 0 Å². The maximum atomic E-state index is 12.1. The van der Waals surface area contributed by atoms with E-state index in [2.05, 4.69) is 26.1 Å². The molecule has 4 nitrogen and oxygen atoms in total. The number of ether oxygens (including phenoxy) is 1. The topological polar surface area (TPSA) is 41.6 Å². The fraction of sp³-hybridized carbons (Fsp3) is 0.929. The highest BCUT2D eigenvalue weighted by atomic mass is 16.5. The molecule has 1 N–H and O–H groups in total. The Kier molecular flexibility index (Phi) is 3.97. The highest BCUT2D eigenvalue weighted by molar-refractivity contribution is 5.77. The molecule has 2 aliphatic rings. The maximum Gasteiger partial charge on any atom is 0.248 e. The van der Waals surface area contributed by atoms with Gasteiger partial charge in [0.15, 0.2) is 0 Å². The summed E-state index contributed by atoms with van der Waals surface area (Å²) >= 11 is 0. The van der Waals surface area contributed by atoms with Crippen LogP contribution in [0.5, 0.6) is 0 Å². The Morgan fingerprint density at radius 3 is 2.33 bits per heavy atom. The van der Waals surface area contributed by atoms with Crippen molar-refractivity contribution >= 4 is 5.91 Å².